The van der Waals surface area contributed by atoms with Crippen LogP contribution in [-0.4, -0.2) is 52.7 Å². The van der Waals surface area contributed by atoms with Gasteiger partial charge in [0.1, 0.15) is 0 Å². The first kappa shape index (κ1) is 30.0. The molecule has 0 aromatic carbocycles. The van der Waals surface area contributed by atoms with Crippen LogP contribution in [0.4, 0.5) is 9.59 Å². The van der Waals surface area contributed by atoms with E-state index in [9.17, 15) is 0 Å². The van der Waals surface area contributed by atoms with E-state index in [1.165, 1.54) is 0 Å². The van der Waals surface area contributed by atoms with E-state index in [0.29, 0.717) is 0 Å². The molecule has 0 bridgehead atoms. The normalized spacial score (nSPS) is 4.36. The molecule has 0 N–H and O–H groups in total. The zero-order valence-electron chi connectivity index (χ0n) is 5.44. The number of rotatable bonds is 0. The van der Waals surface area contributed by atoms with Crippen molar-refractivity contribution in [1.82, 2.24) is 0 Å². The van der Waals surface area contributed by atoms with Gasteiger partial charge in [0.25, 0.3) is 0 Å². The van der Waals surface area contributed by atoms with Crippen molar-refractivity contribution >= 4 is 52.7 Å². The Labute approximate surface area is 102 Å². The Bertz CT molecular complexity index is 78.6. The minimum absolute atomic E-state index is 0. The van der Waals surface area contributed by atoms with Crippen molar-refractivity contribution in [3.8, 4) is 0 Å². The summed E-state index contributed by atoms with van der Waals surface area (Å²) in [6.07, 6.45) is -4.67. The Kier molecular flexibility index (Phi) is 61.3. The number of carbonyl (C=O) groups is 2. The smallest absolute Gasteiger partial charge is 0.652 e. The SMILES string of the molecule is O=C([O-])[O-].O=C([O-])[O-].[Al+3].[Mg+2].[Zn+2]. The molecule has 0 aliphatic carbocycles. The second-order valence-electron chi connectivity index (χ2n) is 0.500. The number of carboxylic acid groups (broad SMARTS) is 4. The third-order valence-electron chi connectivity index (χ3n) is 0. The van der Waals surface area contributed by atoms with E-state index >= 15 is 0 Å². The zero-order chi connectivity index (χ0) is 7.15. The second-order valence-corrected chi connectivity index (χ2v) is 0.500. The molecular weight excluding hydrogens is 237 g/mol. The van der Waals surface area contributed by atoms with Crippen LogP contribution in [0.5, 0.6) is 0 Å². The fourth-order valence-corrected chi connectivity index (χ4v) is 0. The molecule has 0 aromatic rings. The summed E-state index contributed by atoms with van der Waals surface area (Å²) in [7, 11) is 0. The first-order valence-corrected chi connectivity index (χ1v) is 1.22. The Morgan fingerprint density at radius 2 is 0.818 bits per heavy atom. The topological polar surface area (TPSA) is 126 Å². The first-order chi connectivity index (χ1) is 3.46. The molecule has 0 aliphatic rings. The van der Waals surface area contributed by atoms with Gasteiger partial charge in [-0.1, -0.05) is 0 Å². The molecule has 0 rings (SSSR count). The van der Waals surface area contributed by atoms with Gasteiger partial charge in [-0.05, 0) is 12.3 Å². The van der Waals surface area contributed by atoms with Gasteiger partial charge in [0, 0.05) is 0 Å². The summed E-state index contributed by atoms with van der Waals surface area (Å²) in [5, 5.41) is 33.3. The second kappa shape index (κ2) is 22.4. The first-order valence-electron chi connectivity index (χ1n) is 1.22. The van der Waals surface area contributed by atoms with Gasteiger partial charge in [-0.25, -0.2) is 0 Å². The molecule has 11 heavy (non-hydrogen) atoms. The molecule has 0 heterocycles. The van der Waals surface area contributed by atoms with Crippen molar-refractivity contribution in [2.75, 3.05) is 0 Å². The van der Waals surface area contributed by atoms with Crippen LogP contribution in [0.1, 0.15) is 0 Å². The van der Waals surface area contributed by atoms with Gasteiger partial charge in [-0.2, -0.15) is 0 Å². The van der Waals surface area contributed by atoms with Crippen LogP contribution in [0.3, 0.4) is 0 Å². The zero-order valence-corrected chi connectivity index (χ0v) is 11.0. The molecule has 48 valence electrons. The summed E-state index contributed by atoms with van der Waals surface area (Å²) >= 11 is 0. The van der Waals surface area contributed by atoms with Crippen LogP contribution in [0.25, 0.3) is 0 Å². The van der Waals surface area contributed by atoms with Crippen LogP contribution in [0.2, 0.25) is 0 Å². The van der Waals surface area contributed by atoms with E-state index in [1.807, 2.05) is 0 Å². The minimum Gasteiger partial charge on any atom is -0.652 e. The maximum Gasteiger partial charge on any atom is 3.00 e. The van der Waals surface area contributed by atoms with Gasteiger partial charge in [0.2, 0.25) is 0 Å². The summed E-state index contributed by atoms with van der Waals surface area (Å²) in [5.41, 5.74) is 0. The molecule has 0 aliphatic heterocycles. The van der Waals surface area contributed by atoms with E-state index in [0.717, 1.165) is 0 Å². The van der Waals surface area contributed by atoms with Crippen LogP contribution in [0.15, 0.2) is 0 Å². The molecule has 0 saturated heterocycles. The van der Waals surface area contributed by atoms with Gasteiger partial charge in [0.15, 0.2) is 0 Å². The van der Waals surface area contributed by atoms with Crippen molar-refractivity contribution in [1.29, 1.82) is 0 Å². The van der Waals surface area contributed by atoms with E-state index < -0.39 is 12.3 Å². The molecule has 0 saturated carbocycles. The van der Waals surface area contributed by atoms with E-state index in [2.05, 4.69) is 0 Å². The third kappa shape index (κ3) is 3510. The Morgan fingerprint density at radius 3 is 0.818 bits per heavy atom. The van der Waals surface area contributed by atoms with Gasteiger partial charge in [-0.15, -0.1) is 0 Å². The maximum atomic E-state index is 8.33. The van der Waals surface area contributed by atoms with Gasteiger partial charge < -0.3 is 30.0 Å². The summed E-state index contributed by atoms with van der Waals surface area (Å²) < 4.78 is 0. The van der Waals surface area contributed by atoms with Crippen molar-refractivity contribution in [3.63, 3.8) is 0 Å². The van der Waals surface area contributed by atoms with Crippen molar-refractivity contribution in [2.24, 2.45) is 0 Å². The predicted octanol–water partition coefficient (Wildman–Crippen LogP) is -5.66. The molecule has 0 fully saturated rings. The molecular formula is C2AlMgO6Zn+3. The van der Waals surface area contributed by atoms with Crippen LogP contribution in [0, 0.1) is 0 Å². The standard InChI is InChI=1S/2CH2O3.Al.Mg.Zn/c2*2-1(3)4;;;/h2*(H2,2,3,4);;;/q;;+3;2*+2/p-4. The van der Waals surface area contributed by atoms with Crippen molar-refractivity contribution in [3.05, 3.63) is 0 Å². The Balaban J connectivity index is -0.0000000171. The molecule has 9 heteroatoms. The number of hydrogen-bond acceptors (Lipinski definition) is 6. The monoisotopic (exact) mass is 235 g/mol. The molecule has 0 radical (unpaired) electrons. The van der Waals surface area contributed by atoms with Crippen molar-refractivity contribution in [2.45, 2.75) is 0 Å². The molecule has 0 amide bonds. The fraction of sp³-hybridized carbons (Fsp3) is 0. The van der Waals surface area contributed by atoms with E-state index in [1.54, 1.807) is 0 Å². The number of carbonyl (C=O) groups excluding carboxylic acids is 2. The average Bonchev–Trinajstić information content (AvgIpc) is 1.25. The van der Waals surface area contributed by atoms with Crippen LogP contribution >= 0.6 is 0 Å². The van der Waals surface area contributed by atoms with E-state index in [-0.39, 0.29) is 59.9 Å². The Hall–Kier alpha value is 0.462. The van der Waals surface area contributed by atoms with Gasteiger partial charge >= 0.3 is 59.9 Å². The third-order valence-corrected chi connectivity index (χ3v) is 0. The number of hydrogen-bond donors (Lipinski definition) is 0. The maximum absolute atomic E-state index is 8.33. The summed E-state index contributed by atoms with van der Waals surface area (Å²) in [4.78, 5) is 16.7. The van der Waals surface area contributed by atoms with Crippen LogP contribution < -0.4 is 20.4 Å². The van der Waals surface area contributed by atoms with Crippen molar-refractivity contribution < 1.29 is 49.5 Å². The average molecular weight is 237 g/mol. The largest absolute Gasteiger partial charge is 3.00 e. The Morgan fingerprint density at radius 1 is 0.818 bits per heavy atom. The summed E-state index contributed by atoms with van der Waals surface area (Å²) in [5.74, 6) is 0. The minimum atomic E-state index is -2.33. The van der Waals surface area contributed by atoms with E-state index in [4.69, 9.17) is 30.0 Å². The summed E-state index contributed by atoms with van der Waals surface area (Å²) in [6.45, 7) is 0. The molecule has 0 spiro atoms. The molecule has 0 aromatic heterocycles. The molecule has 6 nitrogen and oxygen atoms in total. The van der Waals surface area contributed by atoms with Gasteiger partial charge in [-0.3, -0.25) is 0 Å². The molecule has 0 atom stereocenters. The quantitative estimate of drug-likeness (QED) is 0.386. The predicted molar refractivity (Wildman–Crippen MR) is 22.3 cm³/mol. The summed E-state index contributed by atoms with van der Waals surface area (Å²) in [6, 6.07) is 0. The van der Waals surface area contributed by atoms with Crippen LogP contribution in [-0.2, 0) is 19.5 Å². The molecule has 0 unspecified atom stereocenters. The fourth-order valence-electron chi connectivity index (χ4n) is 0. The van der Waals surface area contributed by atoms with Gasteiger partial charge in [0.05, 0.1) is 0 Å².